The van der Waals surface area contributed by atoms with Crippen molar-refractivity contribution in [3.8, 4) is 0 Å². The van der Waals surface area contributed by atoms with Gasteiger partial charge in [-0.3, -0.25) is 0 Å². The number of cyclic esters (lactones) is 1. The lowest BCUT2D eigenvalue weighted by Gasteiger charge is -2.45. The molecule has 3 rings (SSSR count). The van der Waals surface area contributed by atoms with Gasteiger partial charge in [-0.1, -0.05) is 109 Å². The van der Waals surface area contributed by atoms with Crippen molar-refractivity contribution in [3.05, 3.63) is 47.4 Å². The quantitative estimate of drug-likeness (QED) is 0.0744. The molecule has 1 fully saturated rings. The minimum atomic E-state index is -1.42. The summed E-state index contributed by atoms with van der Waals surface area (Å²) < 4.78 is 50.6. The Hall–Kier alpha value is -2.25. The van der Waals surface area contributed by atoms with Gasteiger partial charge >= 0.3 is 5.97 Å². The van der Waals surface area contributed by atoms with E-state index in [0.717, 1.165) is 82.6 Å². The second-order valence-electron chi connectivity index (χ2n) is 13.1. The maximum absolute atomic E-state index is 13.4. The van der Waals surface area contributed by atoms with Crippen LogP contribution in [0.2, 0.25) is 0 Å². The third-order valence-corrected chi connectivity index (χ3v) is 8.85. The standard InChI is InChI=1S/C39H64O11/c1-5-9-16-22-43-28-31-33(44-23-17-10-6-2)35(45-24-18-11-7-3)37(46-25-19-12-8-4)39(48-31)50-36-34(32(30(41)26-40)49-38(36)42)47-27-29-20-14-13-15-21-29/h13-15,20-21,30-33,35,37,39-41H,5-12,16-19,22-28H2,1-4H3/t30-,31+,32+,33+,35-,37+,39-/m0/s1. The van der Waals surface area contributed by atoms with Crippen molar-refractivity contribution in [3.63, 3.8) is 0 Å². The summed E-state index contributed by atoms with van der Waals surface area (Å²) >= 11 is 0. The van der Waals surface area contributed by atoms with Crippen LogP contribution in [0.5, 0.6) is 0 Å². The molecule has 50 heavy (non-hydrogen) atoms. The first kappa shape index (κ1) is 42.2. The molecule has 0 bridgehead atoms. The zero-order valence-electron chi connectivity index (χ0n) is 30.9. The highest BCUT2D eigenvalue weighted by Gasteiger charge is 2.52. The number of ether oxygens (including phenoxy) is 8. The lowest BCUT2D eigenvalue weighted by atomic mass is 9.97. The molecular formula is C39H64O11. The SMILES string of the molecule is CCCCCOC[C@H]1O[C@@H](OC2=C(OCc3ccccc3)[C@@H]([C@@H](O)CO)OC2=O)[C@H](OCCCCC)[C@@H](OCCCCC)[C@@H]1OCCCCC. The Balaban J connectivity index is 1.99. The van der Waals surface area contributed by atoms with Crippen molar-refractivity contribution >= 4 is 5.97 Å². The lowest BCUT2D eigenvalue weighted by Crippen LogP contribution is -2.62. The van der Waals surface area contributed by atoms with E-state index in [0.29, 0.717) is 26.4 Å². The van der Waals surface area contributed by atoms with Crippen LogP contribution in [-0.2, 0) is 49.3 Å². The zero-order valence-corrected chi connectivity index (χ0v) is 30.9. The molecule has 0 saturated carbocycles. The summed E-state index contributed by atoms with van der Waals surface area (Å²) in [7, 11) is 0. The molecule has 286 valence electrons. The first-order valence-electron chi connectivity index (χ1n) is 19.1. The Bertz CT molecular complexity index is 1070. The number of unbranched alkanes of at least 4 members (excludes halogenated alkanes) is 8. The number of hydrogen-bond donors (Lipinski definition) is 2. The minimum Gasteiger partial charge on any atom is -0.485 e. The monoisotopic (exact) mass is 708 g/mol. The molecule has 2 heterocycles. The average Bonchev–Trinajstić information content (AvgIpc) is 3.44. The minimum absolute atomic E-state index is 0.0144. The van der Waals surface area contributed by atoms with Crippen LogP contribution >= 0.6 is 0 Å². The second-order valence-corrected chi connectivity index (χ2v) is 13.1. The van der Waals surface area contributed by atoms with Gasteiger partial charge < -0.3 is 48.1 Å². The Kier molecular flexibility index (Phi) is 21.0. The average molecular weight is 709 g/mol. The number of hydrogen-bond acceptors (Lipinski definition) is 11. The van der Waals surface area contributed by atoms with Gasteiger partial charge in [0.05, 0.1) is 13.2 Å². The summed E-state index contributed by atoms with van der Waals surface area (Å²) in [6, 6.07) is 9.41. The third kappa shape index (κ3) is 13.7. The van der Waals surface area contributed by atoms with E-state index in [1.165, 1.54) is 0 Å². The van der Waals surface area contributed by atoms with Gasteiger partial charge in [-0.05, 0) is 31.2 Å². The fourth-order valence-corrected chi connectivity index (χ4v) is 5.95. The molecular weight excluding hydrogens is 644 g/mol. The van der Waals surface area contributed by atoms with Crippen molar-refractivity contribution in [1.82, 2.24) is 0 Å². The Labute approximate surface area is 299 Å². The van der Waals surface area contributed by atoms with E-state index >= 15 is 0 Å². The predicted octanol–water partition coefficient (Wildman–Crippen LogP) is 6.37. The fraction of sp³-hybridized carbons (Fsp3) is 0.769. The number of carbonyl (C=O) groups excluding carboxylic acids is 1. The van der Waals surface area contributed by atoms with E-state index in [2.05, 4.69) is 27.7 Å². The molecule has 2 N–H and O–H groups in total. The molecule has 11 heteroatoms. The van der Waals surface area contributed by atoms with Crippen LogP contribution in [0.1, 0.15) is 110 Å². The van der Waals surface area contributed by atoms with Crippen LogP contribution in [0, 0.1) is 0 Å². The van der Waals surface area contributed by atoms with Gasteiger partial charge in [-0.25, -0.2) is 4.79 Å². The van der Waals surface area contributed by atoms with E-state index in [9.17, 15) is 15.0 Å². The van der Waals surface area contributed by atoms with Crippen LogP contribution < -0.4 is 0 Å². The zero-order chi connectivity index (χ0) is 36.0. The van der Waals surface area contributed by atoms with Crippen LogP contribution in [0.25, 0.3) is 0 Å². The first-order valence-corrected chi connectivity index (χ1v) is 19.1. The fourth-order valence-electron chi connectivity index (χ4n) is 5.95. The highest BCUT2D eigenvalue weighted by molar-refractivity contribution is 5.89. The second kappa shape index (κ2) is 24.9. The molecule has 0 aromatic heterocycles. The van der Waals surface area contributed by atoms with Gasteiger partial charge in [0, 0.05) is 26.4 Å². The normalized spacial score (nSPS) is 24.4. The summed E-state index contributed by atoms with van der Waals surface area (Å²) in [6.07, 6.45) is 5.65. The number of benzene rings is 1. The molecule has 2 aliphatic heterocycles. The third-order valence-electron chi connectivity index (χ3n) is 8.85. The summed E-state index contributed by atoms with van der Waals surface area (Å²) in [6.45, 7) is 10.3. The van der Waals surface area contributed by atoms with Crippen LogP contribution in [0.15, 0.2) is 41.9 Å². The van der Waals surface area contributed by atoms with Crippen LogP contribution in [0.4, 0.5) is 0 Å². The van der Waals surface area contributed by atoms with Gasteiger partial charge in [-0.2, -0.15) is 0 Å². The van der Waals surface area contributed by atoms with Gasteiger partial charge in [-0.15, -0.1) is 0 Å². The number of carbonyl (C=O) groups is 1. The van der Waals surface area contributed by atoms with E-state index in [4.69, 9.17) is 37.9 Å². The van der Waals surface area contributed by atoms with Gasteiger partial charge in [0.2, 0.25) is 12.0 Å². The maximum atomic E-state index is 13.4. The van der Waals surface area contributed by atoms with Crippen LogP contribution in [-0.4, -0.2) is 98.7 Å². The first-order chi connectivity index (χ1) is 24.5. The smallest absolute Gasteiger partial charge is 0.378 e. The molecule has 0 radical (unpaired) electrons. The van der Waals surface area contributed by atoms with Gasteiger partial charge in [0.25, 0.3) is 0 Å². The van der Waals surface area contributed by atoms with Gasteiger partial charge in [0.15, 0.2) is 11.9 Å². The molecule has 1 saturated heterocycles. The topological polar surface area (TPSA) is 131 Å². The molecule has 0 spiro atoms. The van der Waals surface area contributed by atoms with Crippen molar-refractivity contribution in [1.29, 1.82) is 0 Å². The Morgan fingerprint density at radius 1 is 0.740 bits per heavy atom. The lowest BCUT2D eigenvalue weighted by molar-refractivity contribution is -0.316. The number of aliphatic hydroxyl groups excluding tert-OH is 2. The molecule has 7 atom stereocenters. The molecule has 1 aromatic rings. The summed E-state index contributed by atoms with van der Waals surface area (Å²) in [5.41, 5.74) is 0.839. The predicted molar refractivity (Wildman–Crippen MR) is 189 cm³/mol. The number of rotatable bonds is 28. The number of aliphatic hydroxyl groups is 2. The highest BCUT2D eigenvalue weighted by atomic mass is 16.7. The maximum Gasteiger partial charge on any atom is 0.378 e. The van der Waals surface area contributed by atoms with Crippen molar-refractivity contribution in [2.24, 2.45) is 0 Å². The molecule has 0 unspecified atom stereocenters. The summed E-state index contributed by atoms with van der Waals surface area (Å²) in [5, 5.41) is 20.4. The molecule has 1 aromatic carbocycles. The largest absolute Gasteiger partial charge is 0.485 e. The van der Waals surface area contributed by atoms with Gasteiger partial charge in [0.1, 0.15) is 37.1 Å². The molecule has 0 amide bonds. The Morgan fingerprint density at radius 2 is 1.30 bits per heavy atom. The molecule has 2 aliphatic rings. The van der Waals surface area contributed by atoms with Crippen molar-refractivity contribution in [2.45, 2.75) is 154 Å². The molecule has 0 aliphatic carbocycles. The summed E-state index contributed by atoms with van der Waals surface area (Å²) in [4.78, 5) is 13.4. The van der Waals surface area contributed by atoms with E-state index in [-0.39, 0.29) is 24.7 Å². The van der Waals surface area contributed by atoms with E-state index in [1.54, 1.807) is 0 Å². The van der Waals surface area contributed by atoms with Crippen LogP contribution in [0.3, 0.4) is 0 Å². The van der Waals surface area contributed by atoms with Crippen molar-refractivity contribution in [2.75, 3.05) is 39.6 Å². The van der Waals surface area contributed by atoms with E-state index in [1.807, 2.05) is 30.3 Å². The molecule has 11 nitrogen and oxygen atoms in total. The summed E-state index contributed by atoms with van der Waals surface area (Å²) in [5.74, 6) is -1.08. The Morgan fingerprint density at radius 3 is 1.88 bits per heavy atom. The highest BCUT2D eigenvalue weighted by Crippen LogP contribution is 2.35. The van der Waals surface area contributed by atoms with Crippen molar-refractivity contribution < 1.29 is 52.9 Å². The number of esters is 1. The van der Waals surface area contributed by atoms with E-state index < -0.39 is 55.5 Å².